The Labute approximate surface area is 62.9 Å². The van der Waals surface area contributed by atoms with E-state index < -0.39 is 0 Å². The molecule has 1 fully saturated rings. The second kappa shape index (κ2) is 1.97. The van der Waals surface area contributed by atoms with Crippen LogP contribution in [0.3, 0.4) is 0 Å². The van der Waals surface area contributed by atoms with Gasteiger partial charge in [0.05, 0.1) is 5.54 Å². The van der Waals surface area contributed by atoms with E-state index in [0.29, 0.717) is 6.04 Å². The Hall–Kier alpha value is -0.530. The molecule has 0 saturated carbocycles. The molecule has 0 aliphatic carbocycles. The molecule has 1 aliphatic heterocycles. The summed E-state index contributed by atoms with van der Waals surface area (Å²) >= 11 is 0. The number of rotatable bonds is 1. The molecule has 1 aliphatic rings. The van der Waals surface area contributed by atoms with Gasteiger partial charge in [-0.1, -0.05) is 0 Å². The van der Waals surface area contributed by atoms with Crippen LogP contribution >= 0.6 is 0 Å². The van der Waals surface area contributed by atoms with Crippen LogP contribution in [0.4, 0.5) is 0 Å². The van der Waals surface area contributed by atoms with Crippen molar-refractivity contribution in [2.24, 2.45) is 4.99 Å². The molecule has 0 unspecified atom stereocenters. The summed E-state index contributed by atoms with van der Waals surface area (Å²) in [5, 5.41) is 0. The molecule has 0 aromatic heterocycles. The third-order valence-corrected chi connectivity index (χ3v) is 2.06. The Balaban J connectivity index is 2.71. The largest absolute Gasteiger partial charge is 0.344 e. The maximum Gasteiger partial charge on any atom is 0.125 e. The topological polar surface area (TPSA) is 15.4 Å². The van der Waals surface area contributed by atoms with Gasteiger partial charge in [0.2, 0.25) is 0 Å². The second-order valence-corrected chi connectivity index (χ2v) is 3.57. The summed E-state index contributed by atoms with van der Waals surface area (Å²) in [4.78, 5) is 6.52. The maximum absolute atomic E-state index is 4.20. The predicted octanol–water partition coefficient (Wildman–Crippen LogP) is 1.52. The number of hydrogen-bond acceptors (Lipinski definition) is 1. The van der Waals surface area contributed by atoms with E-state index in [1.165, 1.54) is 5.84 Å². The van der Waals surface area contributed by atoms with Crippen molar-refractivity contribution in [2.75, 3.05) is 7.05 Å². The fourth-order valence-electron chi connectivity index (χ4n) is 1.70. The lowest BCUT2D eigenvalue weighted by Crippen LogP contribution is -2.16. The lowest BCUT2D eigenvalue weighted by molar-refractivity contribution is 0.388. The van der Waals surface area contributed by atoms with Crippen LogP contribution in [0.25, 0.3) is 0 Å². The highest BCUT2D eigenvalue weighted by atomic mass is 15.4. The van der Waals surface area contributed by atoms with Gasteiger partial charge >= 0.3 is 0 Å². The summed E-state index contributed by atoms with van der Waals surface area (Å²) in [6, 6.07) is 0.591. The van der Waals surface area contributed by atoms with E-state index in [-0.39, 0.29) is 5.54 Å². The van der Waals surface area contributed by atoms with Crippen molar-refractivity contribution in [3.05, 3.63) is 0 Å². The number of hydrogen-bond donors (Lipinski definition) is 0. The first-order valence-electron chi connectivity index (χ1n) is 3.78. The molecule has 58 valence electrons. The van der Waals surface area contributed by atoms with E-state index in [0.717, 1.165) is 0 Å². The average Bonchev–Trinajstić information content (AvgIpc) is 2.33. The molecule has 10 heavy (non-hydrogen) atoms. The zero-order valence-electron chi connectivity index (χ0n) is 7.47. The van der Waals surface area contributed by atoms with E-state index >= 15 is 0 Å². The van der Waals surface area contributed by atoms with Gasteiger partial charge in [-0.25, -0.2) is 0 Å². The molecule has 0 N–H and O–H groups in total. The number of aliphatic imine (C=N–C) groups is 1. The van der Waals surface area contributed by atoms with Crippen molar-refractivity contribution in [3.63, 3.8) is 0 Å². The minimum atomic E-state index is 0.239. The van der Waals surface area contributed by atoms with Crippen LogP contribution in [0.2, 0.25) is 0 Å². The van der Waals surface area contributed by atoms with Gasteiger partial charge in [0.1, 0.15) is 5.84 Å². The fourth-order valence-corrected chi connectivity index (χ4v) is 1.70. The molecule has 0 spiro atoms. The first kappa shape index (κ1) is 7.58. The predicted molar refractivity (Wildman–Crippen MR) is 44.4 cm³/mol. The van der Waals surface area contributed by atoms with E-state index in [4.69, 9.17) is 0 Å². The Morgan fingerprint density at radius 3 is 2.00 bits per heavy atom. The molecule has 1 heterocycles. The molecule has 2 nitrogen and oxygen atoms in total. The molecular weight excluding hydrogens is 124 g/mol. The highest BCUT2D eigenvalue weighted by molar-refractivity contribution is 6.05. The fraction of sp³-hybridized carbons (Fsp3) is 0.875. The highest BCUT2D eigenvalue weighted by Gasteiger charge is 2.52. The van der Waals surface area contributed by atoms with Gasteiger partial charge in [-0.3, -0.25) is 4.99 Å². The van der Waals surface area contributed by atoms with Crippen LogP contribution in [0, 0.1) is 0 Å². The van der Waals surface area contributed by atoms with Crippen LogP contribution in [0.15, 0.2) is 4.99 Å². The molecular formula is C8H16N2. The van der Waals surface area contributed by atoms with Gasteiger partial charge in [-0.05, 0) is 27.7 Å². The summed E-state index contributed by atoms with van der Waals surface area (Å²) in [5.41, 5.74) is 0.239. The molecule has 2 heteroatoms. The minimum absolute atomic E-state index is 0.239. The first-order valence-corrected chi connectivity index (χ1v) is 3.78. The van der Waals surface area contributed by atoms with Crippen LogP contribution in [0.1, 0.15) is 27.7 Å². The van der Waals surface area contributed by atoms with Gasteiger partial charge in [0, 0.05) is 13.1 Å². The molecule has 1 rings (SSSR count). The van der Waals surface area contributed by atoms with Crippen LogP contribution in [0.5, 0.6) is 0 Å². The smallest absolute Gasteiger partial charge is 0.125 e. The third-order valence-electron chi connectivity index (χ3n) is 2.06. The van der Waals surface area contributed by atoms with Gasteiger partial charge in [-0.15, -0.1) is 0 Å². The molecule has 0 radical (unpaired) electrons. The van der Waals surface area contributed by atoms with Crippen molar-refractivity contribution in [1.29, 1.82) is 0 Å². The summed E-state index contributed by atoms with van der Waals surface area (Å²) in [7, 11) is 1.86. The van der Waals surface area contributed by atoms with Crippen LogP contribution in [-0.4, -0.2) is 29.4 Å². The molecule has 1 saturated heterocycles. The summed E-state index contributed by atoms with van der Waals surface area (Å²) in [6.07, 6.45) is 0. The number of nitrogens with zero attached hydrogens (tertiary/aromatic N) is 2. The average molecular weight is 140 g/mol. The Morgan fingerprint density at radius 1 is 1.40 bits per heavy atom. The minimum Gasteiger partial charge on any atom is -0.344 e. The van der Waals surface area contributed by atoms with Gasteiger partial charge in [-0.2, -0.15) is 0 Å². The van der Waals surface area contributed by atoms with Crippen molar-refractivity contribution in [1.82, 2.24) is 4.90 Å². The summed E-state index contributed by atoms with van der Waals surface area (Å²) in [6.45, 7) is 8.80. The van der Waals surface area contributed by atoms with E-state index in [9.17, 15) is 0 Å². The quantitative estimate of drug-likeness (QED) is 0.504. The Morgan fingerprint density at radius 2 is 1.90 bits per heavy atom. The second-order valence-electron chi connectivity index (χ2n) is 3.57. The van der Waals surface area contributed by atoms with Crippen molar-refractivity contribution in [2.45, 2.75) is 39.3 Å². The molecule has 0 amide bonds. The van der Waals surface area contributed by atoms with E-state index in [1.54, 1.807) is 0 Å². The van der Waals surface area contributed by atoms with E-state index in [2.05, 4.69) is 37.6 Å². The molecule has 0 atom stereocenters. The standard InChI is InChI=1S/C8H16N2/c1-6(2)10-7(9-5)8(10,3)4/h6H,1-5H3. The zero-order chi connectivity index (χ0) is 7.94. The van der Waals surface area contributed by atoms with Gasteiger partial charge in [0.15, 0.2) is 0 Å². The first-order chi connectivity index (χ1) is 4.51. The maximum atomic E-state index is 4.20. The van der Waals surface area contributed by atoms with Crippen molar-refractivity contribution < 1.29 is 0 Å². The Kier molecular flexibility index (Phi) is 1.50. The van der Waals surface area contributed by atoms with Crippen molar-refractivity contribution >= 4 is 5.84 Å². The third kappa shape index (κ3) is 0.825. The van der Waals surface area contributed by atoms with Crippen molar-refractivity contribution in [3.8, 4) is 0 Å². The molecule has 0 aromatic rings. The van der Waals surface area contributed by atoms with E-state index in [1.807, 2.05) is 7.05 Å². The van der Waals surface area contributed by atoms with Crippen LogP contribution < -0.4 is 0 Å². The van der Waals surface area contributed by atoms with Gasteiger partial charge in [0.25, 0.3) is 0 Å². The normalized spacial score (nSPS) is 26.2. The molecule has 0 bridgehead atoms. The summed E-state index contributed by atoms with van der Waals surface area (Å²) in [5.74, 6) is 1.24. The molecule has 0 aromatic carbocycles. The lowest BCUT2D eigenvalue weighted by atomic mass is 10.2. The monoisotopic (exact) mass is 140 g/mol. The SMILES string of the molecule is CN=C1N(C(C)C)C1(C)C. The lowest BCUT2D eigenvalue weighted by Gasteiger charge is -2.08. The van der Waals surface area contributed by atoms with Crippen LogP contribution in [-0.2, 0) is 0 Å². The Bertz CT molecular complexity index is 168. The number of amidine groups is 1. The zero-order valence-corrected chi connectivity index (χ0v) is 7.47. The van der Waals surface area contributed by atoms with Gasteiger partial charge < -0.3 is 4.90 Å². The summed E-state index contributed by atoms with van der Waals surface area (Å²) < 4.78 is 0. The highest BCUT2D eigenvalue weighted by Crippen LogP contribution is 2.36.